The van der Waals surface area contributed by atoms with Crippen LogP contribution in [0.3, 0.4) is 0 Å². The van der Waals surface area contributed by atoms with Gasteiger partial charge in [-0.3, -0.25) is 20.2 Å². The summed E-state index contributed by atoms with van der Waals surface area (Å²) in [6.07, 6.45) is -10.4. The number of anilines is 2. The predicted molar refractivity (Wildman–Crippen MR) is 99.9 cm³/mol. The molecule has 0 unspecified atom stereocenters. The second kappa shape index (κ2) is 8.19. The summed E-state index contributed by atoms with van der Waals surface area (Å²) in [4.78, 5) is 19.5. The van der Waals surface area contributed by atoms with E-state index in [1.165, 1.54) is 0 Å². The van der Waals surface area contributed by atoms with Gasteiger partial charge in [0.15, 0.2) is 0 Å². The molecule has 0 heterocycles. The van der Waals surface area contributed by atoms with Crippen molar-refractivity contribution in [3.8, 4) is 0 Å². The first kappa shape index (κ1) is 24.1. The fourth-order valence-corrected chi connectivity index (χ4v) is 3.68. The van der Waals surface area contributed by atoms with Crippen LogP contribution in [0.2, 0.25) is 5.02 Å². The second-order valence-electron chi connectivity index (χ2n) is 5.43. The van der Waals surface area contributed by atoms with Crippen LogP contribution in [0.4, 0.5) is 49.1 Å². The number of halogens is 9. The summed E-state index contributed by atoms with van der Waals surface area (Å²) in [5, 5.41) is 22.9. The summed E-state index contributed by atoms with van der Waals surface area (Å²) >= 11 is 11.1. The van der Waals surface area contributed by atoms with Gasteiger partial charge in [0.2, 0.25) is 0 Å². The van der Waals surface area contributed by atoms with Crippen molar-refractivity contribution in [2.24, 2.45) is 0 Å². The summed E-state index contributed by atoms with van der Waals surface area (Å²) in [7, 11) is 0. The summed E-state index contributed by atoms with van der Waals surface area (Å²) in [5.74, 6) is 0. The van der Waals surface area contributed by atoms with Crippen molar-refractivity contribution >= 4 is 66.2 Å². The molecule has 1 N–H and O–H groups in total. The minimum absolute atomic E-state index is 0.0157. The Balaban J connectivity index is 2.85. The van der Waals surface area contributed by atoms with Crippen LogP contribution in [0.1, 0.15) is 11.1 Å². The summed E-state index contributed by atoms with van der Waals surface area (Å²) in [5.41, 5.74) is -8.01. The lowest BCUT2D eigenvalue weighted by molar-refractivity contribution is -0.394. The third-order valence-corrected chi connectivity index (χ3v) is 5.89. The molecule has 0 saturated heterocycles. The van der Waals surface area contributed by atoms with Crippen molar-refractivity contribution in [3.63, 3.8) is 0 Å². The third kappa shape index (κ3) is 4.78. The number of nitrogens with zero attached hydrogens (tertiary/aromatic N) is 2. The number of nitro groups is 2. The van der Waals surface area contributed by atoms with E-state index in [4.69, 9.17) is 11.6 Å². The van der Waals surface area contributed by atoms with Crippen LogP contribution in [-0.4, -0.2) is 9.85 Å². The molecule has 0 amide bonds. The minimum atomic E-state index is -5.33. The molecule has 0 aliphatic carbocycles. The van der Waals surface area contributed by atoms with E-state index >= 15 is 0 Å². The molecule has 0 spiro atoms. The lowest BCUT2D eigenvalue weighted by Gasteiger charge is -2.19. The Morgan fingerprint density at radius 3 is 1.93 bits per heavy atom. The van der Waals surface area contributed by atoms with E-state index in [2.05, 4.69) is 31.9 Å². The lowest BCUT2D eigenvalue weighted by Crippen LogP contribution is -2.13. The Labute approximate surface area is 183 Å². The largest absolute Gasteiger partial charge is 0.419 e. The molecule has 2 aromatic rings. The van der Waals surface area contributed by atoms with Gasteiger partial charge < -0.3 is 5.32 Å². The van der Waals surface area contributed by atoms with Crippen molar-refractivity contribution in [1.82, 2.24) is 0 Å². The first-order valence-electron chi connectivity index (χ1n) is 7.11. The third-order valence-electron chi connectivity index (χ3n) is 3.51. The quantitative estimate of drug-likeness (QED) is 0.173. The Morgan fingerprint density at radius 1 is 0.933 bits per heavy atom. The number of benzene rings is 2. The molecule has 2 rings (SSSR count). The first-order valence-corrected chi connectivity index (χ1v) is 9.07. The normalized spacial score (nSPS) is 12.0. The van der Waals surface area contributed by atoms with Crippen LogP contribution in [0, 0.1) is 20.2 Å². The zero-order chi connectivity index (χ0) is 23.2. The van der Waals surface area contributed by atoms with Gasteiger partial charge in [0, 0.05) is 15.0 Å². The zero-order valence-electron chi connectivity index (χ0n) is 13.7. The molecule has 0 radical (unpaired) electrons. The maximum atomic E-state index is 13.4. The van der Waals surface area contributed by atoms with Gasteiger partial charge in [-0.15, -0.1) is 0 Å². The number of rotatable bonds is 4. The van der Waals surface area contributed by atoms with Crippen LogP contribution in [0.15, 0.2) is 27.1 Å². The molecule has 0 aliphatic rings. The van der Waals surface area contributed by atoms with E-state index < -0.39 is 65.6 Å². The molecule has 0 aromatic heterocycles. The molecule has 0 atom stereocenters. The highest BCUT2D eigenvalue weighted by Gasteiger charge is 2.41. The van der Waals surface area contributed by atoms with Gasteiger partial charge in [0.05, 0.1) is 37.7 Å². The molecule has 0 bridgehead atoms. The Bertz CT molecular complexity index is 1060. The highest BCUT2D eigenvalue weighted by molar-refractivity contribution is 9.13. The second-order valence-corrected chi connectivity index (χ2v) is 7.46. The van der Waals surface area contributed by atoms with E-state index in [0.29, 0.717) is 0 Å². The SMILES string of the molecule is O=[N+]([O-])c1cc([N+](=O)[O-])c(Nc2cc(Br)c(Br)c(C(F)(F)F)c2Cl)c(C(F)(F)F)c1. The number of alkyl halides is 6. The van der Waals surface area contributed by atoms with Gasteiger partial charge in [0.25, 0.3) is 11.4 Å². The monoisotopic (exact) mass is 585 g/mol. The maximum absolute atomic E-state index is 13.4. The first-order chi connectivity index (χ1) is 13.6. The van der Waals surface area contributed by atoms with Crippen LogP contribution < -0.4 is 5.32 Å². The smallest absolute Gasteiger partial charge is 0.348 e. The van der Waals surface area contributed by atoms with E-state index in [0.717, 1.165) is 6.07 Å². The van der Waals surface area contributed by atoms with Crippen LogP contribution in [0.5, 0.6) is 0 Å². The van der Waals surface area contributed by atoms with Gasteiger partial charge in [-0.2, -0.15) is 26.3 Å². The number of hydrogen-bond donors (Lipinski definition) is 1. The molecule has 0 saturated carbocycles. The van der Waals surface area contributed by atoms with Crippen molar-refractivity contribution in [3.05, 3.63) is 63.5 Å². The van der Waals surface area contributed by atoms with E-state index in [9.17, 15) is 46.6 Å². The van der Waals surface area contributed by atoms with Crippen LogP contribution in [0.25, 0.3) is 0 Å². The van der Waals surface area contributed by atoms with Gasteiger partial charge in [-0.05, 0) is 37.9 Å². The molecule has 2 aromatic carbocycles. The van der Waals surface area contributed by atoms with Gasteiger partial charge in [-0.1, -0.05) is 11.6 Å². The van der Waals surface area contributed by atoms with Gasteiger partial charge in [0.1, 0.15) is 5.69 Å². The number of nitrogens with one attached hydrogen (secondary N) is 1. The predicted octanol–water partition coefficient (Wildman–Crippen LogP) is 7.46. The average Bonchev–Trinajstić information content (AvgIpc) is 2.57. The average molecular weight is 587 g/mol. The fourth-order valence-electron chi connectivity index (χ4n) is 2.29. The van der Waals surface area contributed by atoms with E-state index in [1.54, 1.807) is 0 Å². The summed E-state index contributed by atoms with van der Waals surface area (Å²) < 4.78 is 79.4. The summed E-state index contributed by atoms with van der Waals surface area (Å²) in [6, 6.07) is 1.11. The van der Waals surface area contributed by atoms with Crippen molar-refractivity contribution in [2.45, 2.75) is 12.4 Å². The zero-order valence-corrected chi connectivity index (χ0v) is 17.6. The summed E-state index contributed by atoms with van der Waals surface area (Å²) in [6.45, 7) is 0. The molecule has 0 fully saturated rings. The Morgan fingerprint density at radius 2 is 1.50 bits per heavy atom. The molecule has 16 heteroatoms. The fraction of sp³-hybridized carbons (Fsp3) is 0.143. The molecule has 7 nitrogen and oxygen atoms in total. The van der Waals surface area contributed by atoms with Gasteiger partial charge >= 0.3 is 12.4 Å². The van der Waals surface area contributed by atoms with Crippen LogP contribution in [-0.2, 0) is 12.4 Å². The standard InChI is InChI=1S/C14H4Br2ClF6N3O4/c15-6-3-7(11(17)9(10(6)16)14(21,22)23)24-12-5(13(18,19)20)1-4(25(27)28)2-8(12)26(29)30/h1-3,24H. The Hall–Kier alpha value is -2.13. The van der Waals surface area contributed by atoms with E-state index in [1.807, 2.05) is 5.32 Å². The molecular weight excluding hydrogens is 583 g/mol. The minimum Gasteiger partial charge on any atom is -0.348 e. The molecule has 162 valence electrons. The molecule has 0 aliphatic heterocycles. The van der Waals surface area contributed by atoms with E-state index in [-0.39, 0.29) is 16.6 Å². The topological polar surface area (TPSA) is 98.3 Å². The number of nitro benzene ring substituents is 2. The molecule has 30 heavy (non-hydrogen) atoms. The number of hydrogen-bond acceptors (Lipinski definition) is 5. The Kier molecular flexibility index (Phi) is 6.59. The molecular formula is C14H4Br2ClF6N3O4. The van der Waals surface area contributed by atoms with Gasteiger partial charge in [-0.25, -0.2) is 0 Å². The van der Waals surface area contributed by atoms with Crippen molar-refractivity contribution < 1.29 is 36.2 Å². The van der Waals surface area contributed by atoms with Crippen LogP contribution >= 0.6 is 43.5 Å². The highest BCUT2D eigenvalue weighted by atomic mass is 79.9. The number of non-ortho nitro benzene ring substituents is 1. The lowest BCUT2D eigenvalue weighted by atomic mass is 10.1. The van der Waals surface area contributed by atoms with Crippen molar-refractivity contribution in [2.75, 3.05) is 5.32 Å². The maximum Gasteiger partial charge on any atom is 0.419 e. The van der Waals surface area contributed by atoms with Crippen molar-refractivity contribution in [1.29, 1.82) is 0 Å². The highest BCUT2D eigenvalue weighted by Crippen LogP contribution is 2.49.